The topological polar surface area (TPSA) is 75.7 Å². The smallest absolute Gasteiger partial charge is 0.261 e. The summed E-state index contributed by atoms with van der Waals surface area (Å²) in [5.41, 5.74) is 3.87. The number of amides is 1. The summed E-state index contributed by atoms with van der Waals surface area (Å²) >= 11 is 0. The molecule has 6 nitrogen and oxygen atoms in total. The van der Waals surface area contributed by atoms with Crippen LogP contribution < -0.4 is 14.4 Å². The van der Waals surface area contributed by atoms with E-state index in [-0.39, 0.29) is 11.9 Å². The second-order valence-electron chi connectivity index (χ2n) is 7.07. The first kappa shape index (κ1) is 21.8. The zero-order valence-corrected chi connectivity index (χ0v) is 18.0. The normalized spacial score (nSPS) is 13.5. The van der Waals surface area contributed by atoms with Gasteiger partial charge in [-0.3, -0.25) is 9.10 Å². The van der Waals surface area contributed by atoms with Crippen LogP contribution in [0.25, 0.3) is 0 Å². The Morgan fingerprint density at radius 2 is 1.68 bits per heavy atom. The predicted octanol–water partition coefficient (Wildman–Crippen LogP) is 3.34. The van der Waals surface area contributed by atoms with Gasteiger partial charge in [0.05, 0.1) is 18.0 Å². The lowest BCUT2D eigenvalue weighted by molar-refractivity contribution is -0.127. The highest BCUT2D eigenvalue weighted by molar-refractivity contribution is 7.92. The molecular formula is C21H28N2O4S. The number of nitrogens with one attached hydrogen (secondary N) is 1. The summed E-state index contributed by atoms with van der Waals surface area (Å²) in [6.45, 7) is 7.67. The Morgan fingerprint density at radius 3 is 2.25 bits per heavy atom. The van der Waals surface area contributed by atoms with Gasteiger partial charge in [-0.25, -0.2) is 8.42 Å². The van der Waals surface area contributed by atoms with E-state index in [1.165, 1.54) is 11.4 Å². The molecule has 2 unspecified atom stereocenters. The molecule has 2 aromatic carbocycles. The number of hydrogen-bond acceptors (Lipinski definition) is 4. The van der Waals surface area contributed by atoms with Crippen LogP contribution >= 0.6 is 0 Å². The summed E-state index contributed by atoms with van der Waals surface area (Å²) in [5, 5.41) is 2.98. The van der Waals surface area contributed by atoms with E-state index in [2.05, 4.69) is 11.4 Å². The van der Waals surface area contributed by atoms with Crippen LogP contribution in [-0.4, -0.2) is 33.7 Å². The van der Waals surface area contributed by atoms with Crippen LogP contribution in [0.1, 0.15) is 36.6 Å². The molecule has 152 valence electrons. The van der Waals surface area contributed by atoms with Gasteiger partial charge >= 0.3 is 0 Å². The van der Waals surface area contributed by atoms with Crippen molar-refractivity contribution < 1.29 is 17.9 Å². The Labute approximate surface area is 167 Å². The highest BCUT2D eigenvalue weighted by Crippen LogP contribution is 2.22. The maximum absolute atomic E-state index is 12.5. The number of aryl methyl sites for hydroxylation is 2. The molecule has 0 radical (unpaired) electrons. The Kier molecular flexibility index (Phi) is 6.72. The third-order valence-electron chi connectivity index (χ3n) is 4.64. The fourth-order valence-electron chi connectivity index (χ4n) is 2.82. The van der Waals surface area contributed by atoms with Crippen LogP contribution in [0.3, 0.4) is 0 Å². The summed E-state index contributed by atoms with van der Waals surface area (Å²) < 4.78 is 30.1. The van der Waals surface area contributed by atoms with Crippen molar-refractivity contribution in [1.29, 1.82) is 0 Å². The first-order chi connectivity index (χ1) is 13.0. The van der Waals surface area contributed by atoms with Gasteiger partial charge in [0.25, 0.3) is 5.91 Å². The van der Waals surface area contributed by atoms with E-state index in [0.717, 1.165) is 22.9 Å². The van der Waals surface area contributed by atoms with E-state index in [4.69, 9.17) is 4.74 Å². The molecule has 0 fully saturated rings. The van der Waals surface area contributed by atoms with E-state index >= 15 is 0 Å². The maximum Gasteiger partial charge on any atom is 0.261 e. The van der Waals surface area contributed by atoms with Crippen molar-refractivity contribution in [2.75, 3.05) is 17.6 Å². The molecule has 0 spiro atoms. The number of nitrogens with zero attached hydrogens (tertiary/aromatic N) is 1. The summed E-state index contributed by atoms with van der Waals surface area (Å²) in [6.07, 6.45) is 0.451. The summed E-state index contributed by atoms with van der Waals surface area (Å²) in [6, 6.07) is 12.6. The molecule has 0 saturated heterocycles. The van der Waals surface area contributed by atoms with Gasteiger partial charge in [-0.2, -0.15) is 0 Å². The van der Waals surface area contributed by atoms with Crippen molar-refractivity contribution in [3.63, 3.8) is 0 Å². The molecule has 0 aliphatic carbocycles. The highest BCUT2D eigenvalue weighted by Gasteiger charge is 2.19. The molecule has 0 aliphatic rings. The Balaban J connectivity index is 2.01. The number of sulfonamides is 1. The van der Waals surface area contributed by atoms with Gasteiger partial charge in [0.15, 0.2) is 6.10 Å². The number of anilines is 1. The monoisotopic (exact) mass is 404 g/mol. The zero-order chi connectivity index (χ0) is 21.1. The molecule has 1 amide bonds. The summed E-state index contributed by atoms with van der Waals surface area (Å²) in [4.78, 5) is 12.5. The molecule has 2 aromatic rings. The minimum atomic E-state index is -3.32. The van der Waals surface area contributed by atoms with E-state index in [1.54, 1.807) is 31.2 Å². The first-order valence-electron chi connectivity index (χ1n) is 9.07. The lowest BCUT2D eigenvalue weighted by Gasteiger charge is -2.21. The Morgan fingerprint density at radius 1 is 1.07 bits per heavy atom. The first-order valence-corrected chi connectivity index (χ1v) is 10.9. The Bertz CT molecular complexity index is 939. The van der Waals surface area contributed by atoms with Gasteiger partial charge in [0.2, 0.25) is 10.0 Å². The fraction of sp³-hybridized carbons (Fsp3) is 0.381. The molecule has 7 heteroatoms. The third kappa shape index (κ3) is 5.48. The fourth-order valence-corrected chi connectivity index (χ4v) is 3.32. The van der Waals surface area contributed by atoms with Crippen molar-refractivity contribution in [3.8, 4) is 5.75 Å². The summed E-state index contributed by atoms with van der Waals surface area (Å²) in [7, 11) is -1.84. The molecule has 1 N–H and O–H groups in total. The molecule has 0 aliphatic heterocycles. The average molecular weight is 405 g/mol. The van der Waals surface area contributed by atoms with E-state index in [0.29, 0.717) is 11.4 Å². The zero-order valence-electron chi connectivity index (χ0n) is 17.2. The van der Waals surface area contributed by atoms with E-state index in [1.807, 2.05) is 32.9 Å². The summed E-state index contributed by atoms with van der Waals surface area (Å²) in [5.74, 6) is 0.276. The van der Waals surface area contributed by atoms with Crippen molar-refractivity contribution in [1.82, 2.24) is 5.32 Å². The SMILES string of the molecule is Cc1ccc(C)c(C(C)NC(=O)C(C)Oc2ccc(N(C)S(C)(=O)=O)cc2)c1. The number of benzene rings is 2. The molecular weight excluding hydrogens is 376 g/mol. The van der Waals surface area contributed by atoms with Crippen molar-refractivity contribution in [2.24, 2.45) is 0 Å². The van der Waals surface area contributed by atoms with Crippen LogP contribution in [-0.2, 0) is 14.8 Å². The highest BCUT2D eigenvalue weighted by atomic mass is 32.2. The second-order valence-corrected chi connectivity index (χ2v) is 9.09. The quantitative estimate of drug-likeness (QED) is 0.768. The van der Waals surface area contributed by atoms with Crippen LogP contribution in [0.15, 0.2) is 42.5 Å². The number of rotatable bonds is 7. The van der Waals surface area contributed by atoms with Crippen molar-refractivity contribution >= 4 is 21.6 Å². The minimum absolute atomic E-state index is 0.135. The van der Waals surface area contributed by atoms with Crippen molar-refractivity contribution in [3.05, 3.63) is 59.2 Å². The largest absolute Gasteiger partial charge is 0.481 e. The lowest BCUT2D eigenvalue weighted by atomic mass is 10.00. The molecule has 0 bridgehead atoms. The van der Waals surface area contributed by atoms with Gasteiger partial charge in [0, 0.05) is 7.05 Å². The van der Waals surface area contributed by atoms with Gasteiger partial charge < -0.3 is 10.1 Å². The second kappa shape index (κ2) is 8.65. The van der Waals surface area contributed by atoms with E-state index in [9.17, 15) is 13.2 Å². The maximum atomic E-state index is 12.5. The number of carbonyl (C=O) groups is 1. The molecule has 0 saturated carbocycles. The standard InChI is InChI=1S/C21H28N2O4S/c1-14-7-8-15(2)20(13-14)16(3)22-21(24)17(4)27-19-11-9-18(10-12-19)23(5)28(6,25)26/h7-13,16-17H,1-6H3,(H,22,24). The average Bonchev–Trinajstić information content (AvgIpc) is 2.62. The Hall–Kier alpha value is -2.54. The lowest BCUT2D eigenvalue weighted by Crippen LogP contribution is -2.38. The molecule has 0 aromatic heterocycles. The van der Waals surface area contributed by atoms with Gasteiger partial charge in [-0.05, 0) is 63.1 Å². The van der Waals surface area contributed by atoms with Crippen LogP contribution in [0.4, 0.5) is 5.69 Å². The van der Waals surface area contributed by atoms with Crippen LogP contribution in [0.5, 0.6) is 5.75 Å². The van der Waals surface area contributed by atoms with Crippen LogP contribution in [0, 0.1) is 13.8 Å². The van der Waals surface area contributed by atoms with Crippen LogP contribution in [0.2, 0.25) is 0 Å². The molecule has 28 heavy (non-hydrogen) atoms. The third-order valence-corrected chi connectivity index (χ3v) is 5.85. The molecule has 2 atom stereocenters. The number of hydrogen-bond donors (Lipinski definition) is 1. The van der Waals surface area contributed by atoms with Gasteiger partial charge in [-0.1, -0.05) is 23.8 Å². The van der Waals surface area contributed by atoms with Gasteiger partial charge in [0.1, 0.15) is 5.75 Å². The predicted molar refractivity (Wildman–Crippen MR) is 112 cm³/mol. The van der Waals surface area contributed by atoms with Crippen molar-refractivity contribution in [2.45, 2.75) is 39.8 Å². The van der Waals surface area contributed by atoms with Gasteiger partial charge in [-0.15, -0.1) is 0 Å². The van der Waals surface area contributed by atoms with E-state index < -0.39 is 16.1 Å². The molecule has 0 heterocycles. The number of carbonyl (C=O) groups excluding carboxylic acids is 1. The number of ether oxygens (including phenoxy) is 1. The minimum Gasteiger partial charge on any atom is -0.481 e. The molecule has 2 rings (SSSR count).